The topological polar surface area (TPSA) is 126 Å². The van der Waals surface area contributed by atoms with Crippen molar-refractivity contribution in [2.75, 3.05) is 20.6 Å². The predicted molar refractivity (Wildman–Crippen MR) is 133 cm³/mol. The average molecular weight is 499 g/mol. The molecular weight excluding hydrogens is 456 g/mol. The Balaban J connectivity index is 2.19. The van der Waals surface area contributed by atoms with Crippen molar-refractivity contribution in [3.8, 4) is 0 Å². The fraction of sp³-hybridized carbons (Fsp3) is 0.792. The molecule has 1 fully saturated rings. The molecule has 1 aromatic heterocycles. The van der Waals surface area contributed by atoms with Gasteiger partial charge in [-0.25, -0.2) is 9.78 Å². The molecule has 1 aliphatic rings. The molecule has 0 aliphatic carbocycles. The molecule has 1 aromatic rings. The Morgan fingerprint density at radius 1 is 1.32 bits per heavy atom. The molecule has 34 heavy (non-hydrogen) atoms. The maximum absolute atomic E-state index is 13.7. The Morgan fingerprint density at radius 3 is 2.44 bits per heavy atom. The lowest BCUT2D eigenvalue weighted by molar-refractivity contribution is -0.139. The molecular formula is C24H42N4O5S. The Kier molecular flexibility index (Phi) is 10.0. The Labute approximate surface area is 207 Å². The molecule has 4 N–H and O–H groups in total. The molecule has 2 heterocycles. The first-order valence-corrected chi connectivity index (χ1v) is 13.0. The molecule has 1 aliphatic heterocycles. The van der Waals surface area contributed by atoms with Crippen LogP contribution in [0.4, 0.5) is 0 Å². The molecule has 0 bridgehead atoms. The third kappa shape index (κ3) is 6.34. The third-order valence-corrected chi connectivity index (χ3v) is 8.51. The van der Waals surface area contributed by atoms with Gasteiger partial charge in [0.2, 0.25) is 5.91 Å². The number of nitrogens with one attached hydrogen (secondary N) is 1. The molecule has 0 aromatic carbocycles. The average Bonchev–Trinajstić information content (AvgIpc) is 3.41. The minimum atomic E-state index is -1.13. The first-order valence-electron chi connectivity index (χ1n) is 12.1. The van der Waals surface area contributed by atoms with Gasteiger partial charge in [-0.05, 0) is 45.2 Å². The van der Waals surface area contributed by atoms with Gasteiger partial charge in [0.05, 0.1) is 11.6 Å². The van der Waals surface area contributed by atoms with E-state index >= 15 is 0 Å². The molecule has 1 unspecified atom stereocenters. The van der Waals surface area contributed by atoms with Crippen LogP contribution in [0.5, 0.6) is 0 Å². The van der Waals surface area contributed by atoms with Crippen LogP contribution in [-0.4, -0.2) is 86.5 Å². The summed E-state index contributed by atoms with van der Waals surface area (Å²) in [5.74, 6) is -1.22. The number of aromatic nitrogens is 1. The van der Waals surface area contributed by atoms with E-state index in [1.165, 1.54) is 5.38 Å². The first kappa shape index (κ1) is 28.6. The molecule has 0 saturated carbocycles. The van der Waals surface area contributed by atoms with E-state index in [2.05, 4.69) is 15.2 Å². The van der Waals surface area contributed by atoms with Gasteiger partial charge >= 0.3 is 5.97 Å². The number of rotatable bonds is 12. The fourth-order valence-electron chi connectivity index (χ4n) is 4.66. The summed E-state index contributed by atoms with van der Waals surface area (Å²) in [6.07, 6.45) is 1.02. The Hall–Kier alpha value is -1.59. The molecule has 1 saturated heterocycles. The number of carboxylic acid groups (broad SMARTS) is 1. The number of carboxylic acids is 1. The number of aromatic carboxylic acids is 1. The number of carbonyl (C=O) groups excluding carboxylic acids is 1. The number of thiazole rings is 1. The summed E-state index contributed by atoms with van der Waals surface area (Å²) in [6.45, 7) is 10.9. The number of likely N-dealkylation sites (tertiary alicyclic amines) is 1. The number of hydrogen-bond acceptors (Lipinski definition) is 8. The van der Waals surface area contributed by atoms with Crippen molar-refractivity contribution < 1.29 is 24.9 Å². The van der Waals surface area contributed by atoms with Gasteiger partial charge in [0, 0.05) is 24.9 Å². The number of nitrogens with zero attached hydrogens (tertiary/aromatic N) is 3. The van der Waals surface area contributed by atoms with E-state index in [-0.39, 0.29) is 35.9 Å². The molecule has 0 spiro atoms. The monoisotopic (exact) mass is 498 g/mol. The largest absolute Gasteiger partial charge is 0.476 e. The van der Waals surface area contributed by atoms with Crippen molar-refractivity contribution in [2.24, 2.45) is 11.8 Å². The van der Waals surface area contributed by atoms with E-state index in [9.17, 15) is 19.8 Å². The maximum Gasteiger partial charge on any atom is 0.355 e. The van der Waals surface area contributed by atoms with Crippen molar-refractivity contribution in [2.45, 2.75) is 90.3 Å². The highest BCUT2D eigenvalue weighted by Crippen LogP contribution is 2.31. The molecule has 10 heteroatoms. The van der Waals surface area contributed by atoms with Crippen molar-refractivity contribution >= 4 is 23.2 Å². The summed E-state index contributed by atoms with van der Waals surface area (Å²) >= 11 is 1.10. The van der Waals surface area contributed by atoms with Crippen LogP contribution >= 0.6 is 11.3 Å². The lowest BCUT2D eigenvalue weighted by Crippen LogP contribution is -2.62. The van der Waals surface area contributed by atoms with Crippen LogP contribution in [0.2, 0.25) is 0 Å². The van der Waals surface area contributed by atoms with E-state index in [1.807, 2.05) is 41.7 Å². The number of aliphatic hydroxyl groups is 2. The summed E-state index contributed by atoms with van der Waals surface area (Å²) in [5, 5.41) is 35.9. The SMILES string of the molecule is CC[C@H](C)[C@H](NC(O)[C@@]1(C)CCCN1C)C(=O)N(C)[C@H](C[C@@H](O)c1nc(C(=O)O)cs1)C(C)C. The number of amides is 1. The van der Waals surface area contributed by atoms with Crippen molar-refractivity contribution in [1.29, 1.82) is 0 Å². The Morgan fingerprint density at radius 2 is 1.97 bits per heavy atom. The number of carbonyl (C=O) groups is 2. The minimum Gasteiger partial charge on any atom is -0.476 e. The normalized spacial score (nSPS) is 23.5. The van der Waals surface area contributed by atoms with Crippen LogP contribution in [0, 0.1) is 11.8 Å². The summed E-state index contributed by atoms with van der Waals surface area (Å²) in [7, 11) is 3.73. The molecule has 9 nitrogen and oxygen atoms in total. The van der Waals surface area contributed by atoms with Crippen LogP contribution in [0.25, 0.3) is 0 Å². The summed E-state index contributed by atoms with van der Waals surface area (Å²) in [4.78, 5) is 32.7. The first-order chi connectivity index (χ1) is 15.8. The lowest BCUT2D eigenvalue weighted by Gasteiger charge is -2.41. The number of likely N-dealkylation sites (N-methyl/N-ethyl adjacent to an activating group) is 2. The number of hydrogen-bond donors (Lipinski definition) is 4. The molecule has 194 valence electrons. The van der Waals surface area contributed by atoms with Crippen molar-refractivity contribution in [1.82, 2.24) is 20.1 Å². The van der Waals surface area contributed by atoms with Crippen LogP contribution in [0.1, 0.15) is 81.9 Å². The van der Waals surface area contributed by atoms with Crippen LogP contribution in [0.3, 0.4) is 0 Å². The van der Waals surface area contributed by atoms with Gasteiger partial charge in [-0.1, -0.05) is 34.1 Å². The molecule has 0 radical (unpaired) electrons. The second-order valence-electron chi connectivity index (χ2n) is 10.2. The Bertz CT molecular complexity index is 834. The van der Waals surface area contributed by atoms with Crippen LogP contribution in [-0.2, 0) is 4.79 Å². The second-order valence-corrected chi connectivity index (χ2v) is 11.1. The van der Waals surface area contributed by atoms with Crippen LogP contribution in [0.15, 0.2) is 5.38 Å². The zero-order chi connectivity index (χ0) is 25.8. The zero-order valence-electron chi connectivity index (χ0n) is 21.5. The van der Waals surface area contributed by atoms with Gasteiger partial charge in [-0.15, -0.1) is 11.3 Å². The highest BCUT2D eigenvalue weighted by molar-refractivity contribution is 7.09. The fourth-order valence-corrected chi connectivity index (χ4v) is 5.45. The van der Waals surface area contributed by atoms with Gasteiger partial charge in [-0.3, -0.25) is 15.0 Å². The van der Waals surface area contributed by atoms with Crippen molar-refractivity contribution in [3.05, 3.63) is 16.1 Å². The smallest absolute Gasteiger partial charge is 0.355 e. The third-order valence-electron chi connectivity index (χ3n) is 7.56. The standard InChI is InChI=1S/C24H42N4O5S/c1-8-15(4)19(26-23(33)24(5)10-9-11-27(24)6)21(30)28(7)17(14(2)3)12-18(29)20-25-16(13-34-20)22(31)32/h13-15,17-19,23,26,29,33H,8-12H2,1-7H3,(H,31,32)/t15-,17+,18+,19-,23?,24+/m0/s1. The quantitative estimate of drug-likeness (QED) is 0.324. The summed E-state index contributed by atoms with van der Waals surface area (Å²) < 4.78 is 0. The maximum atomic E-state index is 13.7. The molecule has 2 rings (SSSR count). The van der Waals surface area contributed by atoms with E-state index in [0.717, 1.165) is 37.1 Å². The minimum absolute atomic E-state index is 0.00488. The molecule has 1 amide bonds. The summed E-state index contributed by atoms with van der Waals surface area (Å²) in [5.41, 5.74) is -0.532. The van der Waals surface area contributed by atoms with Gasteiger partial charge < -0.3 is 20.2 Å². The van der Waals surface area contributed by atoms with Crippen molar-refractivity contribution in [3.63, 3.8) is 0 Å². The highest BCUT2D eigenvalue weighted by Gasteiger charge is 2.43. The zero-order valence-corrected chi connectivity index (χ0v) is 22.3. The van der Waals surface area contributed by atoms with E-state index in [0.29, 0.717) is 5.01 Å². The highest BCUT2D eigenvalue weighted by atomic mass is 32.1. The van der Waals surface area contributed by atoms with E-state index in [4.69, 9.17) is 5.11 Å². The lowest BCUT2D eigenvalue weighted by atomic mass is 9.91. The van der Waals surface area contributed by atoms with Gasteiger partial charge in [0.1, 0.15) is 17.3 Å². The van der Waals surface area contributed by atoms with Gasteiger partial charge in [-0.2, -0.15) is 0 Å². The van der Waals surface area contributed by atoms with E-state index < -0.39 is 29.9 Å². The van der Waals surface area contributed by atoms with Gasteiger partial charge in [0.15, 0.2) is 5.69 Å². The molecule has 6 atom stereocenters. The van der Waals surface area contributed by atoms with Crippen LogP contribution < -0.4 is 5.32 Å². The second kappa shape index (κ2) is 11.9. The predicted octanol–water partition coefficient (Wildman–Crippen LogP) is 2.55. The number of aliphatic hydroxyl groups excluding tert-OH is 2. The summed E-state index contributed by atoms with van der Waals surface area (Å²) in [6, 6.07) is -0.873. The van der Waals surface area contributed by atoms with E-state index in [1.54, 1.807) is 11.9 Å². The van der Waals surface area contributed by atoms with Gasteiger partial charge in [0.25, 0.3) is 0 Å².